The lowest BCUT2D eigenvalue weighted by Gasteiger charge is -2.37. The van der Waals surface area contributed by atoms with E-state index in [0.29, 0.717) is 0 Å². The highest BCUT2D eigenvalue weighted by Crippen LogP contribution is 2.41. The molecule has 0 spiro atoms. The molecule has 1 heterocycles. The first-order chi connectivity index (χ1) is 7.63. The summed E-state index contributed by atoms with van der Waals surface area (Å²) in [4.78, 5) is 1.92. The van der Waals surface area contributed by atoms with Crippen molar-refractivity contribution in [2.75, 3.05) is 14.1 Å². The molecule has 1 aromatic carbocycles. The lowest BCUT2D eigenvalue weighted by atomic mass is 9.82. The number of rotatable bonds is 1. The molecule has 2 rings (SSSR count). The molecular weight excluding hydrogens is 200 g/mol. The lowest BCUT2D eigenvalue weighted by Crippen LogP contribution is -2.43. The fourth-order valence-corrected chi connectivity index (χ4v) is 2.16. The number of hydrogen-bond acceptors (Lipinski definition) is 3. The number of likely N-dealkylation sites (N-methyl/N-ethyl adjacent to an activating group) is 1. The van der Waals surface area contributed by atoms with Crippen LogP contribution in [0.15, 0.2) is 36.1 Å². The molecule has 3 heteroatoms. The molecule has 0 aliphatic carbocycles. The fraction of sp³-hybridized carbons (Fsp3) is 0.308. The highest BCUT2D eigenvalue weighted by molar-refractivity contribution is 5.52. The Balaban J connectivity index is 2.71. The Kier molecular flexibility index (Phi) is 2.45. The van der Waals surface area contributed by atoms with Crippen LogP contribution in [-0.4, -0.2) is 19.0 Å². The predicted molar refractivity (Wildman–Crippen MR) is 61.8 cm³/mol. The Morgan fingerprint density at radius 1 is 1.31 bits per heavy atom. The van der Waals surface area contributed by atoms with Gasteiger partial charge in [0.05, 0.1) is 12.3 Å². The Morgan fingerprint density at radius 3 is 2.62 bits per heavy atom. The lowest BCUT2D eigenvalue weighted by molar-refractivity contribution is 0.237. The van der Waals surface area contributed by atoms with E-state index in [1.165, 1.54) is 0 Å². The third-order valence-electron chi connectivity index (χ3n) is 3.04. The summed E-state index contributed by atoms with van der Waals surface area (Å²) in [5.74, 6) is 0.753. The summed E-state index contributed by atoms with van der Waals surface area (Å²) in [6.45, 7) is 1.92. The zero-order valence-corrected chi connectivity index (χ0v) is 9.69. The van der Waals surface area contributed by atoms with Crippen LogP contribution in [0.5, 0.6) is 5.75 Å². The van der Waals surface area contributed by atoms with Crippen molar-refractivity contribution < 1.29 is 4.74 Å². The van der Waals surface area contributed by atoms with E-state index in [9.17, 15) is 5.26 Å². The van der Waals surface area contributed by atoms with E-state index in [-0.39, 0.29) is 0 Å². The molecular formula is C13H14N2O. The number of benzene rings is 1. The first-order valence-corrected chi connectivity index (χ1v) is 5.15. The average molecular weight is 214 g/mol. The number of para-hydroxylation sites is 1. The fourth-order valence-electron chi connectivity index (χ4n) is 2.16. The summed E-state index contributed by atoms with van der Waals surface area (Å²) in [6, 6.07) is 10.1. The van der Waals surface area contributed by atoms with E-state index in [1.807, 2.05) is 50.2 Å². The van der Waals surface area contributed by atoms with Gasteiger partial charge in [0.25, 0.3) is 0 Å². The minimum atomic E-state index is -0.713. The topological polar surface area (TPSA) is 36.3 Å². The van der Waals surface area contributed by atoms with Crippen molar-refractivity contribution in [2.45, 2.75) is 12.5 Å². The first kappa shape index (κ1) is 10.7. The molecule has 3 nitrogen and oxygen atoms in total. The van der Waals surface area contributed by atoms with Gasteiger partial charge in [-0.05, 0) is 27.1 Å². The van der Waals surface area contributed by atoms with Crippen LogP contribution in [-0.2, 0) is 5.54 Å². The number of ether oxygens (including phenoxy) is 1. The van der Waals surface area contributed by atoms with Crippen molar-refractivity contribution in [1.29, 1.82) is 5.26 Å². The van der Waals surface area contributed by atoms with Crippen molar-refractivity contribution in [3.8, 4) is 11.8 Å². The summed E-state index contributed by atoms with van der Waals surface area (Å²) < 4.78 is 5.50. The molecule has 0 saturated heterocycles. The zero-order valence-electron chi connectivity index (χ0n) is 9.69. The Labute approximate surface area is 95.6 Å². The van der Waals surface area contributed by atoms with Crippen LogP contribution in [0.1, 0.15) is 12.5 Å². The second-order valence-corrected chi connectivity index (χ2v) is 4.13. The van der Waals surface area contributed by atoms with Gasteiger partial charge in [-0.1, -0.05) is 18.2 Å². The van der Waals surface area contributed by atoms with Gasteiger partial charge in [0, 0.05) is 11.1 Å². The Bertz CT molecular complexity index is 485. The third kappa shape index (κ3) is 1.24. The summed E-state index contributed by atoms with van der Waals surface area (Å²) in [7, 11) is 3.81. The van der Waals surface area contributed by atoms with Gasteiger partial charge in [-0.15, -0.1) is 0 Å². The molecule has 0 amide bonds. The largest absolute Gasteiger partial charge is 0.465 e. The average Bonchev–Trinajstić information content (AvgIpc) is 2.29. The molecule has 1 aliphatic heterocycles. The van der Waals surface area contributed by atoms with Crippen LogP contribution >= 0.6 is 0 Å². The highest BCUT2D eigenvalue weighted by atomic mass is 16.5. The predicted octanol–water partition coefficient (Wildman–Crippen LogP) is 2.26. The molecule has 1 aliphatic rings. The van der Waals surface area contributed by atoms with Crippen molar-refractivity contribution in [3.05, 3.63) is 41.7 Å². The number of fused-ring (bicyclic) bond motifs is 1. The van der Waals surface area contributed by atoms with Gasteiger partial charge in [-0.3, -0.25) is 4.90 Å². The second kappa shape index (κ2) is 3.66. The van der Waals surface area contributed by atoms with Crippen molar-refractivity contribution in [1.82, 2.24) is 4.90 Å². The van der Waals surface area contributed by atoms with Crippen molar-refractivity contribution in [2.24, 2.45) is 0 Å². The van der Waals surface area contributed by atoms with Crippen LogP contribution < -0.4 is 4.74 Å². The van der Waals surface area contributed by atoms with Crippen LogP contribution in [0.4, 0.5) is 0 Å². The monoisotopic (exact) mass is 214 g/mol. The molecule has 0 radical (unpaired) electrons. The summed E-state index contributed by atoms with van der Waals surface area (Å²) in [5.41, 5.74) is 1.09. The van der Waals surface area contributed by atoms with E-state index in [1.54, 1.807) is 6.26 Å². The molecule has 0 bridgehead atoms. The van der Waals surface area contributed by atoms with Gasteiger partial charge >= 0.3 is 0 Å². The standard InChI is InChI=1S/C13H14N2O/c1-10-8-16-12-7-5-4-6-11(12)13(10,9-14)15(2)3/h4-8H,1-3H3. The quantitative estimate of drug-likeness (QED) is 0.719. The summed E-state index contributed by atoms with van der Waals surface area (Å²) in [6.07, 6.45) is 1.66. The number of hydrogen-bond donors (Lipinski definition) is 0. The third-order valence-corrected chi connectivity index (χ3v) is 3.04. The van der Waals surface area contributed by atoms with E-state index in [4.69, 9.17) is 4.74 Å². The summed E-state index contributed by atoms with van der Waals surface area (Å²) >= 11 is 0. The first-order valence-electron chi connectivity index (χ1n) is 5.15. The molecule has 16 heavy (non-hydrogen) atoms. The van der Waals surface area contributed by atoms with Gasteiger partial charge in [-0.2, -0.15) is 5.26 Å². The molecule has 0 fully saturated rings. The maximum Gasteiger partial charge on any atom is 0.162 e. The SMILES string of the molecule is CC1=COc2ccccc2C1(C#N)N(C)C. The maximum atomic E-state index is 9.54. The maximum absolute atomic E-state index is 9.54. The number of nitrogens with zero attached hydrogens (tertiary/aromatic N) is 2. The van der Waals surface area contributed by atoms with Crippen molar-refractivity contribution >= 4 is 0 Å². The molecule has 1 atom stereocenters. The zero-order chi connectivity index (χ0) is 11.8. The Hall–Kier alpha value is -1.79. The summed E-state index contributed by atoms with van der Waals surface area (Å²) in [5, 5.41) is 9.54. The minimum Gasteiger partial charge on any atom is -0.465 e. The molecule has 82 valence electrons. The van der Waals surface area contributed by atoms with E-state index < -0.39 is 5.54 Å². The molecule has 1 aromatic rings. The smallest absolute Gasteiger partial charge is 0.162 e. The normalized spacial score (nSPS) is 23.1. The van der Waals surface area contributed by atoms with Gasteiger partial charge in [-0.25, -0.2) is 0 Å². The van der Waals surface area contributed by atoms with Crippen LogP contribution in [0.2, 0.25) is 0 Å². The molecule has 1 unspecified atom stereocenters. The van der Waals surface area contributed by atoms with E-state index in [0.717, 1.165) is 16.9 Å². The molecule has 0 saturated carbocycles. The van der Waals surface area contributed by atoms with Crippen LogP contribution in [0.3, 0.4) is 0 Å². The number of nitriles is 1. The van der Waals surface area contributed by atoms with Gasteiger partial charge in [0.2, 0.25) is 0 Å². The molecule has 0 aromatic heterocycles. The van der Waals surface area contributed by atoms with Gasteiger partial charge in [0.1, 0.15) is 5.75 Å². The van der Waals surface area contributed by atoms with Gasteiger partial charge in [0.15, 0.2) is 5.54 Å². The Morgan fingerprint density at radius 2 is 2.00 bits per heavy atom. The van der Waals surface area contributed by atoms with Crippen LogP contribution in [0, 0.1) is 11.3 Å². The molecule has 0 N–H and O–H groups in total. The van der Waals surface area contributed by atoms with E-state index >= 15 is 0 Å². The van der Waals surface area contributed by atoms with Crippen LogP contribution in [0.25, 0.3) is 0 Å². The van der Waals surface area contributed by atoms with Gasteiger partial charge < -0.3 is 4.74 Å². The minimum absolute atomic E-state index is 0.713. The van der Waals surface area contributed by atoms with Crippen molar-refractivity contribution in [3.63, 3.8) is 0 Å². The van der Waals surface area contributed by atoms with E-state index in [2.05, 4.69) is 6.07 Å². The second-order valence-electron chi connectivity index (χ2n) is 4.13. The highest BCUT2D eigenvalue weighted by Gasteiger charge is 2.41.